The Morgan fingerprint density at radius 2 is 1.77 bits per heavy atom. The molecule has 0 fully saturated rings. The number of rotatable bonds is 9. The summed E-state index contributed by atoms with van der Waals surface area (Å²) in [5, 5.41) is 18.4. The van der Waals surface area contributed by atoms with Crippen molar-refractivity contribution in [3.8, 4) is 11.1 Å². The molecule has 1 aliphatic carbocycles. The molecule has 0 bridgehead atoms. The normalized spacial score (nSPS) is 12.8. The Hall–Kier alpha value is -4.40. The van der Waals surface area contributed by atoms with Crippen LogP contribution in [0, 0.1) is 0 Å². The van der Waals surface area contributed by atoms with Crippen molar-refractivity contribution in [1.29, 1.82) is 0 Å². The van der Waals surface area contributed by atoms with Crippen molar-refractivity contribution in [2.75, 3.05) is 6.61 Å². The Kier molecular flexibility index (Phi) is 6.96. The minimum absolute atomic E-state index is 0.00225. The molecule has 0 saturated carbocycles. The van der Waals surface area contributed by atoms with E-state index in [0.29, 0.717) is 5.69 Å². The summed E-state index contributed by atoms with van der Waals surface area (Å²) in [6.45, 7) is 3.71. The van der Waals surface area contributed by atoms with E-state index in [1.165, 1.54) is 17.0 Å². The number of aromatic nitrogens is 2. The highest BCUT2D eigenvalue weighted by Gasteiger charge is 2.29. The molecule has 3 aromatic rings. The first-order chi connectivity index (χ1) is 16.9. The molecule has 0 spiro atoms. The molecule has 9 heteroatoms. The van der Waals surface area contributed by atoms with E-state index in [4.69, 9.17) is 4.74 Å². The van der Waals surface area contributed by atoms with Gasteiger partial charge in [-0.05, 0) is 28.7 Å². The van der Waals surface area contributed by atoms with Crippen molar-refractivity contribution in [1.82, 2.24) is 20.4 Å². The summed E-state index contributed by atoms with van der Waals surface area (Å²) in [6, 6.07) is 15.1. The summed E-state index contributed by atoms with van der Waals surface area (Å²) in [5.74, 6) is -1.73. The van der Waals surface area contributed by atoms with Gasteiger partial charge in [0.2, 0.25) is 5.91 Å². The molecule has 0 aliphatic heterocycles. The second-order valence-electron chi connectivity index (χ2n) is 8.20. The Morgan fingerprint density at radius 1 is 1.14 bits per heavy atom. The first-order valence-corrected chi connectivity index (χ1v) is 11.1. The smallest absolute Gasteiger partial charge is 0.407 e. The number of alkyl carbamates (subject to hydrolysis) is 1. The molecule has 1 aromatic heterocycles. The van der Waals surface area contributed by atoms with Crippen molar-refractivity contribution < 1.29 is 24.2 Å². The van der Waals surface area contributed by atoms with E-state index in [1.54, 1.807) is 7.05 Å². The lowest BCUT2D eigenvalue weighted by atomic mass is 9.98. The Morgan fingerprint density at radius 3 is 2.37 bits per heavy atom. The average Bonchev–Trinajstić information content (AvgIpc) is 3.38. The van der Waals surface area contributed by atoms with Gasteiger partial charge in [0.15, 0.2) is 0 Å². The molecule has 180 valence electrons. The van der Waals surface area contributed by atoms with Crippen LogP contribution in [0.5, 0.6) is 0 Å². The maximum atomic E-state index is 12.7. The van der Waals surface area contributed by atoms with E-state index < -0.39 is 24.0 Å². The molecule has 2 amide bonds. The first kappa shape index (κ1) is 23.7. The summed E-state index contributed by atoms with van der Waals surface area (Å²) in [7, 11) is 1.59. The monoisotopic (exact) mass is 474 g/mol. The average molecular weight is 475 g/mol. The fourth-order valence-electron chi connectivity index (χ4n) is 4.33. The maximum absolute atomic E-state index is 12.7. The van der Waals surface area contributed by atoms with E-state index >= 15 is 0 Å². The van der Waals surface area contributed by atoms with Crippen LogP contribution in [0.4, 0.5) is 4.79 Å². The van der Waals surface area contributed by atoms with Crippen molar-refractivity contribution in [3.63, 3.8) is 0 Å². The van der Waals surface area contributed by atoms with Crippen LogP contribution in [-0.4, -0.2) is 45.5 Å². The summed E-state index contributed by atoms with van der Waals surface area (Å²) < 4.78 is 6.91. The largest absolute Gasteiger partial charge is 0.478 e. The number of nitrogens with one attached hydrogen (secondary N) is 2. The highest BCUT2D eigenvalue weighted by atomic mass is 16.5. The summed E-state index contributed by atoms with van der Waals surface area (Å²) in [6.07, 6.45) is 2.19. The minimum atomic E-state index is -1.14. The number of amides is 2. The lowest BCUT2D eigenvalue weighted by molar-refractivity contribution is -0.123. The van der Waals surface area contributed by atoms with E-state index in [1.807, 2.05) is 36.4 Å². The summed E-state index contributed by atoms with van der Waals surface area (Å²) in [5.41, 5.74) is 4.76. The van der Waals surface area contributed by atoms with Gasteiger partial charge in [-0.15, -0.1) is 6.58 Å². The van der Waals surface area contributed by atoms with Gasteiger partial charge in [-0.1, -0.05) is 54.6 Å². The second kappa shape index (κ2) is 10.3. The number of carbonyl (C=O) groups is 3. The zero-order chi connectivity index (χ0) is 24.9. The molecule has 0 saturated heterocycles. The van der Waals surface area contributed by atoms with E-state index in [9.17, 15) is 19.5 Å². The van der Waals surface area contributed by atoms with Gasteiger partial charge in [0, 0.05) is 13.0 Å². The van der Waals surface area contributed by atoms with E-state index in [2.05, 4.69) is 34.4 Å². The predicted octanol–water partition coefficient (Wildman–Crippen LogP) is 3.22. The topological polar surface area (TPSA) is 123 Å². The first-order valence-electron chi connectivity index (χ1n) is 11.1. The number of fused-ring (bicyclic) bond motifs is 3. The summed E-state index contributed by atoms with van der Waals surface area (Å²) >= 11 is 0. The fraction of sp³-hybridized carbons (Fsp3) is 0.231. The van der Waals surface area contributed by atoms with Gasteiger partial charge < -0.3 is 20.5 Å². The molecule has 0 radical (unpaired) electrons. The number of hydrogen-bond donors (Lipinski definition) is 3. The Labute approximate surface area is 202 Å². The number of carboxylic acids is 1. The van der Waals surface area contributed by atoms with Crippen LogP contribution >= 0.6 is 0 Å². The number of hydrogen-bond acceptors (Lipinski definition) is 5. The number of benzene rings is 2. The van der Waals surface area contributed by atoms with Crippen LogP contribution in [-0.2, 0) is 23.1 Å². The molecule has 2 aromatic carbocycles. The van der Waals surface area contributed by atoms with Crippen LogP contribution in [0.3, 0.4) is 0 Å². The van der Waals surface area contributed by atoms with Gasteiger partial charge in [-0.3, -0.25) is 9.48 Å². The molecule has 4 rings (SSSR count). The third kappa shape index (κ3) is 4.93. The summed E-state index contributed by atoms with van der Waals surface area (Å²) in [4.78, 5) is 36.7. The molecule has 1 heterocycles. The van der Waals surface area contributed by atoms with Crippen molar-refractivity contribution in [2.24, 2.45) is 7.05 Å². The maximum Gasteiger partial charge on any atom is 0.407 e. The number of carbonyl (C=O) groups excluding carboxylic acids is 2. The van der Waals surface area contributed by atoms with Crippen molar-refractivity contribution in [2.45, 2.75) is 24.9 Å². The van der Waals surface area contributed by atoms with E-state index in [0.717, 1.165) is 22.3 Å². The molecule has 35 heavy (non-hydrogen) atoms. The Bertz CT molecular complexity index is 1240. The molecule has 1 unspecified atom stereocenters. The fourth-order valence-corrected chi connectivity index (χ4v) is 4.33. The van der Waals surface area contributed by atoms with Crippen LogP contribution in [0.1, 0.15) is 39.5 Å². The molecule has 1 aliphatic rings. The van der Waals surface area contributed by atoms with Gasteiger partial charge in [0.1, 0.15) is 18.2 Å². The molecular weight excluding hydrogens is 448 g/mol. The third-order valence-electron chi connectivity index (χ3n) is 6.08. The highest BCUT2D eigenvalue weighted by molar-refractivity contribution is 5.89. The molecule has 1 atom stereocenters. The van der Waals surface area contributed by atoms with Crippen LogP contribution < -0.4 is 10.6 Å². The standard InChI is InChI=1S/C26H26N4O5/c1-3-8-22(24(31)27-14-23-20(25(32)33)13-28-30(23)2)29-26(34)35-15-21-18-11-6-4-9-16(18)17-10-5-7-12-19(17)21/h3-7,9-13,21-22H,1,8,14-15H2,2H3,(H,27,31)(H,29,34)(H,32,33). The molecular formula is C26H26N4O5. The van der Waals surface area contributed by atoms with Crippen molar-refractivity contribution >= 4 is 18.0 Å². The Balaban J connectivity index is 1.38. The highest BCUT2D eigenvalue weighted by Crippen LogP contribution is 2.44. The number of ether oxygens (including phenoxy) is 1. The zero-order valence-electron chi connectivity index (χ0n) is 19.2. The lowest BCUT2D eigenvalue weighted by Gasteiger charge is -2.19. The van der Waals surface area contributed by atoms with Gasteiger partial charge in [-0.25, -0.2) is 9.59 Å². The zero-order valence-corrected chi connectivity index (χ0v) is 19.2. The van der Waals surface area contributed by atoms with E-state index in [-0.39, 0.29) is 31.1 Å². The number of carboxylic acid groups (broad SMARTS) is 1. The molecule has 3 N–H and O–H groups in total. The van der Waals surface area contributed by atoms with Crippen LogP contribution in [0.25, 0.3) is 11.1 Å². The van der Waals surface area contributed by atoms with Gasteiger partial charge in [-0.2, -0.15) is 5.10 Å². The number of aryl methyl sites for hydroxylation is 1. The third-order valence-corrected chi connectivity index (χ3v) is 6.08. The lowest BCUT2D eigenvalue weighted by Crippen LogP contribution is -2.46. The predicted molar refractivity (Wildman–Crippen MR) is 129 cm³/mol. The van der Waals surface area contributed by atoms with Gasteiger partial charge in [0.05, 0.1) is 18.4 Å². The van der Waals surface area contributed by atoms with Gasteiger partial charge in [0.25, 0.3) is 0 Å². The van der Waals surface area contributed by atoms with Crippen LogP contribution in [0.2, 0.25) is 0 Å². The molecule has 9 nitrogen and oxygen atoms in total. The number of nitrogens with zero attached hydrogens (tertiary/aromatic N) is 2. The van der Waals surface area contributed by atoms with Gasteiger partial charge >= 0.3 is 12.1 Å². The SMILES string of the molecule is C=CCC(NC(=O)OCC1c2ccccc2-c2ccccc21)C(=O)NCc1c(C(=O)O)cnn1C. The second-order valence-corrected chi connectivity index (χ2v) is 8.20. The van der Waals surface area contributed by atoms with Crippen LogP contribution in [0.15, 0.2) is 67.4 Å². The van der Waals surface area contributed by atoms with Crippen molar-refractivity contribution in [3.05, 3.63) is 89.8 Å². The minimum Gasteiger partial charge on any atom is -0.478 e. The number of aromatic carboxylic acids is 1. The quantitative estimate of drug-likeness (QED) is 0.409.